The monoisotopic (exact) mass is 265 g/mol. The van der Waals surface area contributed by atoms with Gasteiger partial charge in [-0.15, -0.1) is 0 Å². The van der Waals surface area contributed by atoms with E-state index in [0.29, 0.717) is 6.04 Å². The van der Waals surface area contributed by atoms with Crippen molar-refractivity contribution < 1.29 is 4.92 Å². The smallest absolute Gasteiger partial charge is 0.311 e. The summed E-state index contributed by atoms with van der Waals surface area (Å²) in [7, 11) is 2.11. The van der Waals surface area contributed by atoms with Crippen LogP contribution in [0.1, 0.15) is 13.3 Å². The van der Waals surface area contributed by atoms with Gasteiger partial charge in [-0.2, -0.15) is 0 Å². The Labute approximate surface area is 112 Å². The van der Waals surface area contributed by atoms with Crippen LogP contribution in [-0.2, 0) is 0 Å². The van der Waals surface area contributed by atoms with Gasteiger partial charge < -0.3 is 10.6 Å². The largest absolute Gasteiger partial charge is 0.378 e. The van der Waals surface area contributed by atoms with Crippen molar-refractivity contribution in [2.45, 2.75) is 19.4 Å². The van der Waals surface area contributed by atoms with Crippen molar-refractivity contribution in [2.75, 3.05) is 37.3 Å². The highest BCUT2D eigenvalue weighted by Gasteiger charge is 2.24. The Hall–Kier alpha value is -1.89. The van der Waals surface area contributed by atoms with Gasteiger partial charge in [-0.3, -0.25) is 15.0 Å². The molecule has 1 aromatic rings. The summed E-state index contributed by atoms with van der Waals surface area (Å²) in [6.45, 7) is 4.84. The average molecular weight is 265 g/mol. The maximum atomic E-state index is 10.7. The third-order valence-corrected chi connectivity index (χ3v) is 3.66. The van der Waals surface area contributed by atoms with E-state index in [-0.39, 0.29) is 11.5 Å². The first-order valence-electron chi connectivity index (χ1n) is 6.39. The zero-order chi connectivity index (χ0) is 14.0. The molecular formula is C12H19N5O2. The van der Waals surface area contributed by atoms with Crippen LogP contribution in [0.25, 0.3) is 0 Å². The molecule has 1 aliphatic heterocycles. The van der Waals surface area contributed by atoms with Crippen LogP contribution in [0.3, 0.4) is 0 Å². The highest BCUT2D eigenvalue weighted by Crippen LogP contribution is 2.24. The molecule has 0 radical (unpaired) electrons. The summed E-state index contributed by atoms with van der Waals surface area (Å²) in [5.41, 5.74) is 5.50. The van der Waals surface area contributed by atoms with Gasteiger partial charge in [0.25, 0.3) is 0 Å². The second-order valence-electron chi connectivity index (χ2n) is 4.82. The van der Waals surface area contributed by atoms with Gasteiger partial charge in [-0.05, 0) is 19.5 Å². The van der Waals surface area contributed by atoms with E-state index in [1.807, 2.05) is 0 Å². The molecule has 19 heavy (non-hydrogen) atoms. The van der Waals surface area contributed by atoms with E-state index in [9.17, 15) is 10.1 Å². The molecule has 0 amide bonds. The Balaban J connectivity index is 2.18. The Morgan fingerprint density at radius 3 is 2.84 bits per heavy atom. The van der Waals surface area contributed by atoms with Crippen LogP contribution in [0.5, 0.6) is 0 Å². The molecule has 2 rings (SSSR count). The summed E-state index contributed by atoms with van der Waals surface area (Å²) in [6.07, 6.45) is 1.06. The third kappa shape index (κ3) is 2.76. The first-order valence-corrected chi connectivity index (χ1v) is 6.39. The molecule has 1 fully saturated rings. The molecule has 1 saturated heterocycles. The van der Waals surface area contributed by atoms with Crippen molar-refractivity contribution >= 4 is 17.3 Å². The molecule has 7 nitrogen and oxygen atoms in total. The lowest BCUT2D eigenvalue weighted by atomic mass is 10.1. The van der Waals surface area contributed by atoms with Crippen LogP contribution in [0.15, 0.2) is 12.1 Å². The SMILES string of the molecule is CCC1CN(c2ccc([N+](=O)[O-])c(N)n2)CCN1C. The molecule has 7 heteroatoms. The van der Waals surface area contributed by atoms with Gasteiger partial charge in [-0.25, -0.2) is 4.98 Å². The molecule has 1 aliphatic rings. The van der Waals surface area contributed by atoms with Crippen molar-refractivity contribution in [2.24, 2.45) is 0 Å². The highest BCUT2D eigenvalue weighted by molar-refractivity contribution is 5.58. The van der Waals surface area contributed by atoms with E-state index < -0.39 is 4.92 Å². The van der Waals surface area contributed by atoms with E-state index in [4.69, 9.17) is 5.73 Å². The number of likely N-dealkylation sites (N-methyl/N-ethyl adjacent to an activating group) is 1. The number of rotatable bonds is 3. The highest BCUT2D eigenvalue weighted by atomic mass is 16.6. The molecule has 0 aromatic carbocycles. The summed E-state index contributed by atoms with van der Waals surface area (Å²) in [6, 6.07) is 3.58. The molecule has 1 atom stereocenters. The van der Waals surface area contributed by atoms with Crippen LogP contribution >= 0.6 is 0 Å². The number of nitrogens with zero attached hydrogens (tertiary/aromatic N) is 4. The minimum absolute atomic E-state index is 0.0190. The fraction of sp³-hybridized carbons (Fsp3) is 0.583. The fourth-order valence-corrected chi connectivity index (χ4v) is 2.38. The lowest BCUT2D eigenvalue weighted by Crippen LogP contribution is -2.51. The van der Waals surface area contributed by atoms with Crippen molar-refractivity contribution in [3.05, 3.63) is 22.2 Å². The van der Waals surface area contributed by atoms with Crippen molar-refractivity contribution in [1.82, 2.24) is 9.88 Å². The molecule has 1 unspecified atom stereocenters. The molecule has 0 saturated carbocycles. The zero-order valence-corrected chi connectivity index (χ0v) is 11.2. The van der Waals surface area contributed by atoms with Gasteiger partial charge in [0.2, 0.25) is 5.82 Å². The third-order valence-electron chi connectivity index (χ3n) is 3.66. The van der Waals surface area contributed by atoms with E-state index in [0.717, 1.165) is 31.9 Å². The van der Waals surface area contributed by atoms with Gasteiger partial charge >= 0.3 is 5.69 Å². The first kappa shape index (κ1) is 13.5. The minimum Gasteiger partial charge on any atom is -0.378 e. The second kappa shape index (κ2) is 5.40. The maximum Gasteiger partial charge on any atom is 0.311 e. The number of pyridine rings is 1. The maximum absolute atomic E-state index is 10.7. The summed E-state index contributed by atoms with van der Waals surface area (Å²) in [5.74, 6) is 0.698. The number of anilines is 2. The zero-order valence-electron chi connectivity index (χ0n) is 11.2. The standard InChI is InChI=1S/C12H19N5O2/c1-3-9-8-16(7-6-15(9)2)11-5-4-10(17(18)19)12(13)14-11/h4-5,9H,3,6-8H2,1-2H3,(H2,13,14). The fourth-order valence-electron chi connectivity index (χ4n) is 2.38. The van der Waals surface area contributed by atoms with Crippen LogP contribution in [0.4, 0.5) is 17.3 Å². The molecule has 2 heterocycles. The van der Waals surface area contributed by atoms with E-state index >= 15 is 0 Å². The van der Waals surface area contributed by atoms with Crippen LogP contribution in [-0.4, -0.2) is 47.5 Å². The van der Waals surface area contributed by atoms with Crippen molar-refractivity contribution in [3.63, 3.8) is 0 Å². The number of aromatic nitrogens is 1. The lowest BCUT2D eigenvalue weighted by molar-refractivity contribution is -0.384. The number of piperazine rings is 1. The van der Waals surface area contributed by atoms with Gasteiger partial charge in [0.1, 0.15) is 5.82 Å². The minimum atomic E-state index is -0.509. The number of nitrogens with two attached hydrogens (primary N) is 1. The lowest BCUT2D eigenvalue weighted by Gasteiger charge is -2.39. The number of nitrogen functional groups attached to an aromatic ring is 1. The Morgan fingerprint density at radius 2 is 2.26 bits per heavy atom. The molecule has 2 N–H and O–H groups in total. The Kier molecular flexibility index (Phi) is 3.84. The van der Waals surface area contributed by atoms with Crippen molar-refractivity contribution in [1.29, 1.82) is 0 Å². The van der Waals surface area contributed by atoms with E-state index in [2.05, 4.69) is 28.8 Å². The topological polar surface area (TPSA) is 88.5 Å². The van der Waals surface area contributed by atoms with Crippen LogP contribution in [0.2, 0.25) is 0 Å². The van der Waals surface area contributed by atoms with Gasteiger partial charge in [-0.1, -0.05) is 6.92 Å². The molecule has 1 aromatic heterocycles. The Morgan fingerprint density at radius 1 is 1.53 bits per heavy atom. The van der Waals surface area contributed by atoms with Gasteiger partial charge in [0, 0.05) is 31.7 Å². The second-order valence-corrected chi connectivity index (χ2v) is 4.82. The van der Waals surface area contributed by atoms with E-state index in [1.165, 1.54) is 6.07 Å². The molecule has 0 bridgehead atoms. The van der Waals surface area contributed by atoms with E-state index in [1.54, 1.807) is 6.07 Å². The summed E-state index contributed by atoms with van der Waals surface area (Å²) >= 11 is 0. The number of hydrogen-bond donors (Lipinski definition) is 1. The first-order chi connectivity index (χ1) is 9.02. The predicted molar refractivity (Wildman–Crippen MR) is 74.2 cm³/mol. The average Bonchev–Trinajstić information content (AvgIpc) is 2.38. The quantitative estimate of drug-likeness (QED) is 0.650. The Bertz CT molecular complexity index is 479. The summed E-state index contributed by atoms with van der Waals surface area (Å²) in [4.78, 5) is 18.8. The number of nitro groups is 1. The van der Waals surface area contributed by atoms with Gasteiger partial charge in [0.05, 0.1) is 4.92 Å². The predicted octanol–water partition coefficient (Wildman–Crippen LogP) is 1.10. The summed E-state index contributed by atoms with van der Waals surface area (Å²) in [5, 5.41) is 10.7. The van der Waals surface area contributed by atoms with Gasteiger partial charge in [0.15, 0.2) is 0 Å². The summed E-state index contributed by atoms with van der Waals surface area (Å²) < 4.78 is 0. The molecule has 104 valence electrons. The molecular weight excluding hydrogens is 246 g/mol. The van der Waals surface area contributed by atoms with Crippen molar-refractivity contribution in [3.8, 4) is 0 Å². The molecule has 0 spiro atoms. The van der Waals surface area contributed by atoms with Crippen LogP contribution < -0.4 is 10.6 Å². The van der Waals surface area contributed by atoms with Crippen LogP contribution in [0, 0.1) is 10.1 Å². The normalized spacial score (nSPS) is 20.5. The number of hydrogen-bond acceptors (Lipinski definition) is 6. The molecule has 0 aliphatic carbocycles.